The normalized spacial score (nSPS) is 21.2. The minimum atomic E-state index is -5.89. The molecule has 0 saturated heterocycles. The maximum atomic E-state index is 13.2. The smallest absolute Gasteiger partial charge is 0.376 e. The predicted molar refractivity (Wildman–Crippen MR) is 93.1 cm³/mol. The first-order valence-corrected chi connectivity index (χ1v) is 9.30. The first-order valence-electron chi connectivity index (χ1n) is 8.49. The molecule has 1 aliphatic carbocycles. The van der Waals surface area contributed by atoms with Crippen molar-refractivity contribution >= 4 is 17.4 Å². The summed E-state index contributed by atoms with van der Waals surface area (Å²) in [5.74, 6) is 0. The highest BCUT2D eigenvalue weighted by atomic mass is 32.2. The number of fused-ring (bicyclic) bond motifs is 1. The van der Waals surface area contributed by atoms with Crippen LogP contribution in [0, 0.1) is 0 Å². The third kappa shape index (κ3) is 2.86. The van der Waals surface area contributed by atoms with E-state index in [2.05, 4.69) is 5.32 Å². The van der Waals surface area contributed by atoms with E-state index < -0.39 is 23.5 Å². The molecule has 2 nitrogen and oxygen atoms in total. The van der Waals surface area contributed by atoms with Gasteiger partial charge in [0.05, 0.1) is 6.04 Å². The van der Waals surface area contributed by atoms with Crippen molar-refractivity contribution in [3.63, 3.8) is 0 Å². The van der Waals surface area contributed by atoms with Crippen LogP contribution in [-0.2, 0) is 5.60 Å². The summed E-state index contributed by atoms with van der Waals surface area (Å²) in [6.07, 6.45) is -10.2. The second kappa shape index (κ2) is 6.06. The second-order valence-electron chi connectivity index (χ2n) is 7.07. The minimum absolute atomic E-state index is 0.0961. The Bertz CT molecular complexity index is 878. The number of rotatable bonds is 2. The minimum Gasteiger partial charge on any atom is -0.376 e. The van der Waals surface area contributed by atoms with Crippen molar-refractivity contribution in [3.05, 3.63) is 59.7 Å². The van der Waals surface area contributed by atoms with E-state index in [0.717, 1.165) is 24.5 Å². The van der Waals surface area contributed by atoms with Gasteiger partial charge in [-0.3, -0.25) is 0 Å². The molecule has 1 atom stereocenters. The molecular weight excluding hydrogens is 404 g/mol. The average Bonchev–Trinajstić information content (AvgIpc) is 3.38. The average molecular weight is 419 g/mol. The summed E-state index contributed by atoms with van der Waals surface area (Å²) in [6, 6.07) is 12.1. The van der Waals surface area contributed by atoms with Crippen LogP contribution in [0.1, 0.15) is 30.0 Å². The van der Waals surface area contributed by atoms with Crippen LogP contribution >= 0.6 is 11.8 Å². The molecule has 0 aromatic heterocycles. The fourth-order valence-electron chi connectivity index (χ4n) is 3.55. The van der Waals surface area contributed by atoms with Crippen molar-refractivity contribution in [1.82, 2.24) is 0 Å². The molecule has 0 amide bonds. The lowest BCUT2D eigenvalue weighted by molar-refractivity contribution is -0.376. The zero-order chi connectivity index (χ0) is 20.4. The second-order valence-corrected chi connectivity index (χ2v) is 8.53. The summed E-state index contributed by atoms with van der Waals surface area (Å²) in [5, 5.41) is 12.9. The lowest BCUT2D eigenvalue weighted by atomic mass is 9.91. The molecule has 1 fully saturated rings. The number of thioether (sulfide) groups is 1. The van der Waals surface area contributed by atoms with E-state index in [4.69, 9.17) is 0 Å². The fourth-order valence-corrected chi connectivity index (χ4v) is 5.03. The Morgan fingerprint density at radius 3 is 2.07 bits per heavy atom. The van der Waals surface area contributed by atoms with Crippen LogP contribution in [0.3, 0.4) is 0 Å². The van der Waals surface area contributed by atoms with Crippen LogP contribution in [0.15, 0.2) is 53.4 Å². The van der Waals surface area contributed by atoms with E-state index in [1.807, 2.05) is 30.3 Å². The summed E-state index contributed by atoms with van der Waals surface area (Å²) in [5.41, 5.74) is -4.69. The predicted octanol–water partition coefficient (Wildman–Crippen LogP) is 5.79. The largest absolute Gasteiger partial charge is 0.430 e. The Hall–Kier alpha value is -1.87. The van der Waals surface area contributed by atoms with Crippen molar-refractivity contribution in [2.24, 2.45) is 0 Å². The van der Waals surface area contributed by atoms with E-state index >= 15 is 0 Å². The molecule has 9 heteroatoms. The summed E-state index contributed by atoms with van der Waals surface area (Å²) in [4.78, 5) is 0.272. The lowest BCUT2D eigenvalue weighted by Crippen LogP contribution is -2.54. The van der Waals surface area contributed by atoms with E-state index in [1.165, 1.54) is 17.8 Å². The van der Waals surface area contributed by atoms with Crippen LogP contribution in [0.5, 0.6) is 0 Å². The van der Waals surface area contributed by atoms with Gasteiger partial charge >= 0.3 is 12.4 Å². The molecule has 1 spiro atoms. The van der Waals surface area contributed by atoms with Gasteiger partial charge in [-0.1, -0.05) is 36.4 Å². The standard InChI is InChI=1S/C19H15F6NOS/c20-18(21,22)17(27,19(23,24)25)12-6-7-13-14(10-12)28-16(8-9-16)15(26-13)11-4-2-1-3-5-11/h1-7,10,15,26-27H,8-9H2. The Balaban J connectivity index is 1.75. The van der Waals surface area contributed by atoms with Crippen LogP contribution in [0.2, 0.25) is 0 Å². The molecule has 0 bridgehead atoms. The topological polar surface area (TPSA) is 32.3 Å². The molecule has 2 aromatic rings. The maximum absolute atomic E-state index is 13.2. The van der Waals surface area contributed by atoms with Crippen LogP contribution in [0.25, 0.3) is 0 Å². The van der Waals surface area contributed by atoms with Crippen LogP contribution in [-0.4, -0.2) is 22.2 Å². The molecule has 28 heavy (non-hydrogen) atoms. The van der Waals surface area contributed by atoms with Crippen molar-refractivity contribution in [2.75, 3.05) is 5.32 Å². The Kier molecular flexibility index (Phi) is 4.21. The Labute approximate surface area is 160 Å². The van der Waals surface area contributed by atoms with E-state index in [-0.39, 0.29) is 15.7 Å². The SMILES string of the molecule is OC(c1ccc2c(c1)SC1(CC1)C(c1ccccc1)N2)(C(F)(F)F)C(F)(F)F. The quantitative estimate of drug-likeness (QED) is 0.605. The fraction of sp³-hybridized carbons (Fsp3) is 0.368. The van der Waals surface area contributed by atoms with Gasteiger partial charge in [0.2, 0.25) is 0 Å². The van der Waals surface area contributed by atoms with Gasteiger partial charge in [-0.15, -0.1) is 11.8 Å². The van der Waals surface area contributed by atoms with Gasteiger partial charge in [-0.2, -0.15) is 26.3 Å². The number of nitrogens with one attached hydrogen (secondary N) is 1. The van der Waals surface area contributed by atoms with Gasteiger partial charge in [-0.05, 0) is 30.5 Å². The van der Waals surface area contributed by atoms with Gasteiger partial charge < -0.3 is 10.4 Å². The van der Waals surface area contributed by atoms with E-state index in [1.54, 1.807) is 0 Å². The van der Waals surface area contributed by atoms with Crippen molar-refractivity contribution in [3.8, 4) is 0 Å². The van der Waals surface area contributed by atoms with Crippen molar-refractivity contribution in [1.29, 1.82) is 0 Å². The Morgan fingerprint density at radius 1 is 0.929 bits per heavy atom. The molecule has 4 rings (SSSR count). The third-order valence-electron chi connectivity index (χ3n) is 5.23. The van der Waals surface area contributed by atoms with Gasteiger partial charge in [0.25, 0.3) is 5.60 Å². The number of alkyl halides is 6. The van der Waals surface area contributed by atoms with E-state index in [9.17, 15) is 31.4 Å². The van der Waals surface area contributed by atoms with Crippen molar-refractivity contribution in [2.45, 2.75) is 46.5 Å². The zero-order valence-corrected chi connectivity index (χ0v) is 15.1. The summed E-state index contributed by atoms with van der Waals surface area (Å²) < 4.78 is 78.7. The molecule has 2 N–H and O–H groups in total. The third-order valence-corrected chi connectivity index (χ3v) is 6.84. The van der Waals surface area contributed by atoms with Crippen molar-refractivity contribution < 1.29 is 31.4 Å². The first kappa shape index (κ1) is 19.4. The molecule has 1 saturated carbocycles. The number of halogens is 6. The van der Waals surface area contributed by atoms with Gasteiger partial charge in [0.1, 0.15) is 0 Å². The maximum Gasteiger partial charge on any atom is 0.430 e. The van der Waals surface area contributed by atoms with Crippen LogP contribution in [0.4, 0.5) is 32.0 Å². The molecule has 2 aromatic carbocycles. The molecule has 1 unspecified atom stereocenters. The molecule has 2 aliphatic rings. The number of anilines is 1. The molecule has 150 valence electrons. The zero-order valence-electron chi connectivity index (χ0n) is 14.2. The van der Waals surface area contributed by atoms with Crippen LogP contribution < -0.4 is 5.32 Å². The van der Waals surface area contributed by atoms with Gasteiger partial charge in [0, 0.05) is 20.9 Å². The van der Waals surface area contributed by atoms with Gasteiger partial charge in [-0.25, -0.2) is 0 Å². The summed E-state index contributed by atoms with van der Waals surface area (Å²) in [6.45, 7) is 0. The highest BCUT2D eigenvalue weighted by molar-refractivity contribution is 8.01. The number of hydrogen-bond donors (Lipinski definition) is 2. The highest BCUT2D eigenvalue weighted by Gasteiger charge is 2.71. The number of hydrogen-bond acceptors (Lipinski definition) is 3. The molecular formula is C19H15F6NOS. The summed E-state index contributed by atoms with van der Waals surface area (Å²) >= 11 is 1.27. The van der Waals surface area contributed by atoms with E-state index in [0.29, 0.717) is 11.8 Å². The first-order chi connectivity index (χ1) is 13.0. The van der Waals surface area contributed by atoms with Gasteiger partial charge in [0.15, 0.2) is 0 Å². The Morgan fingerprint density at radius 2 is 1.54 bits per heavy atom. The molecule has 0 radical (unpaired) electrons. The lowest BCUT2D eigenvalue weighted by Gasteiger charge is -2.37. The molecule has 1 heterocycles. The number of aliphatic hydroxyl groups is 1. The molecule has 1 aliphatic heterocycles. The summed E-state index contributed by atoms with van der Waals surface area (Å²) in [7, 11) is 0. The monoisotopic (exact) mass is 419 g/mol. The number of benzene rings is 2. The highest BCUT2D eigenvalue weighted by Crippen LogP contribution is 2.64.